The van der Waals surface area contributed by atoms with Gasteiger partial charge in [0, 0.05) is 17.8 Å². The van der Waals surface area contributed by atoms with Crippen LogP contribution >= 0.6 is 0 Å². The highest BCUT2D eigenvalue weighted by atomic mass is 19.1. The van der Waals surface area contributed by atoms with E-state index in [1.165, 1.54) is 42.6 Å². The van der Waals surface area contributed by atoms with Crippen LogP contribution in [0.3, 0.4) is 0 Å². The minimum atomic E-state index is -1.06. The number of para-hydroxylation sites is 1. The van der Waals surface area contributed by atoms with Crippen molar-refractivity contribution in [1.82, 2.24) is 0 Å². The number of halogens is 1. The predicted octanol–water partition coefficient (Wildman–Crippen LogP) is 3.33. The quantitative estimate of drug-likeness (QED) is 0.653. The summed E-state index contributed by atoms with van der Waals surface area (Å²) in [5.74, 6) is -1.78. The highest BCUT2D eigenvalue weighted by molar-refractivity contribution is 6.04. The molecule has 0 aliphatic carbocycles. The van der Waals surface area contributed by atoms with Gasteiger partial charge >= 0.3 is 5.97 Å². The maximum Gasteiger partial charge on any atom is 0.337 e. The normalized spacial score (nSPS) is 10.5. The van der Waals surface area contributed by atoms with Crippen molar-refractivity contribution in [2.75, 3.05) is 5.32 Å². The highest BCUT2D eigenvalue weighted by Crippen LogP contribution is 2.14. The second-order valence-corrected chi connectivity index (χ2v) is 4.20. The van der Waals surface area contributed by atoms with Crippen LogP contribution in [-0.2, 0) is 0 Å². The van der Waals surface area contributed by atoms with Crippen molar-refractivity contribution in [3.8, 4) is 0 Å². The molecule has 0 spiro atoms. The lowest BCUT2D eigenvalue weighted by molar-refractivity contribution is 0.0698. The molecule has 0 aliphatic rings. The van der Waals surface area contributed by atoms with Crippen molar-refractivity contribution >= 4 is 17.4 Å². The fraction of sp³-hybridized carbons (Fsp3) is 0. The number of carbonyl (C=O) groups excluding carboxylic acids is 1. The van der Waals surface area contributed by atoms with Crippen molar-refractivity contribution in [3.05, 3.63) is 77.8 Å². The molecule has 2 rings (SSSR count). The number of nitrogens with one attached hydrogen (secondary N) is 1. The Kier molecular flexibility index (Phi) is 4.46. The number of benzene rings is 2. The second kappa shape index (κ2) is 6.47. The SMILES string of the molecule is O=C(/C=C\Nc1ccccc1C(=O)O)c1ccc(F)cc1. The third-order valence-corrected chi connectivity index (χ3v) is 2.76. The number of allylic oxidation sites excluding steroid dienone is 1. The summed E-state index contributed by atoms with van der Waals surface area (Å²) in [6.45, 7) is 0. The van der Waals surface area contributed by atoms with Crippen molar-refractivity contribution in [1.29, 1.82) is 0 Å². The van der Waals surface area contributed by atoms with Gasteiger partial charge in [0.2, 0.25) is 0 Å². The Morgan fingerprint density at radius 3 is 2.38 bits per heavy atom. The van der Waals surface area contributed by atoms with Crippen LogP contribution in [0.25, 0.3) is 0 Å². The van der Waals surface area contributed by atoms with Crippen LogP contribution in [0.2, 0.25) is 0 Å². The molecule has 4 nitrogen and oxygen atoms in total. The zero-order valence-corrected chi connectivity index (χ0v) is 10.9. The van der Waals surface area contributed by atoms with Gasteiger partial charge in [-0.05, 0) is 36.4 Å². The largest absolute Gasteiger partial charge is 0.478 e. The predicted molar refractivity (Wildman–Crippen MR) is 76.9 cm³/mol. The number of carboxylic acid groups (broad SMARTS) is 1. The first-order chi connectivity index (χ1) is 10.1. The van der Waals surface area contributed by atoms with Gasteiger partial charge in [-0.15, -0.1) is 0 Å². The highest BCUT2D eigenvalue weighted by Gasteiger charge is 2.07. The zero-order valence-electron chi connectivity index (χ0n) is 10.9. The number of ketones is 1. The van der Waals surface area contributed by atoms with Gasteiger partial charge in [0.1, 0.15) is 5.82 Å². The van der Waals surface area contributed by atoms with Gasteiger partial charge in [0.25, 0.3) is 0 Å². The maximum atomic E-state index is 12.7. The minimum absolute atomic E-state index is 0.108. The van der Waals surface area contributed by atoms with Crippen LogP contribution in [0.4, 0.5) is 10.1 Å². The summed E-state index contributed by atoms with van der Waals surface area (Å²) < 4.78 is 12.7. The van der Waals surface area contributed by atoms with Gasteiger partial charge < -0.3 is 10.4 Å². The number of aromatic carboxylic acids is 1. The topological polar surface area (TPSA) is 66.4 Å². The van der Waals surface area contributed by atoms with Crippen LogP contribution in [0.5, 0.6) is 0 Å². The summed E-state index contributed by atoms with van der Waals surface area (Å²) in [5.41, 5.74) is 0.838. The van der Waals surface area contributed by atoms with Gasteiger partial charge in [0.05, 0.1) is 11.3 Å². The Labute approximate surface area is 120 Å². The Hall–Kier alpha value is -2.95. The average molecular weight is 285 g/mol. The van der Waals surface area contributed by atoms with E-state index in [9.17, 15) is 14.0 Å². The van der Waals surface area contributed by atoms with Crippen molar-refractivity contribution < 1.29 is 19.1 Å². The molecule has 2 aromatic carbocycles. The van der Waals surface area contributed by atoms with Gasteiger partial charge in [-0.25, -0.2) is 9.18 Å². The number of carboxylic acids is 1. The first-order valence-corrected chi connectivity index (χ1v) is 6.13. The molecule has 0 atom stereocenters. The Morgan fingerprint density at radius 1 is 1.05 bits per heavy atom. The molecule has 0 unspecified atom stereocenters. The van der Waals surface area contributed by atoms with Gasteiger partial charge in [-0.3, -0.25) is 4.79 Å². The third-order valence-electron chi connectivity index (χ3n) is 2.76. The monoisotopic (exact) mass is 285 g/mol. The van der Waals surface area contributed by atoms with Gasteiger partial charge in [0.15, 0.2) is 5.78 Å². The third kappa shape index (κ3) is 3.76. The molecule has 0 saturated carbocycles. The van der Waals surface area contributed by atoms with E-state index < -0.39 is 11.8 Å². The minimum Gasteiger partial charge on any atom is -0.478 e. The summed E-state index contributed by atoms with van der Waals surface area (Å²) in [5, 5.41) is 11.8. The van der Waals surface area contributed by atoms with Crippen molar-refractivity contribution in [2.24, 2.45) is 0 Å². The first kappa shape index (κ1) is 14.5. The fourth-order valence-corrected chi connectivity index (χ4v) is 1.71. The van der Waals surface area contributed by atoms with E-state index in [2.05, 4.69) is 5.32 Å². The summed E-state index contributed by atoms with van der Waals surface area (Å²) in [6, 6.07) is 11.5. The van der Waals surface area contributed by atoms with E-state index in [0.29, 0.717) is 11.3 Å². The smallest absolute Gasteiger partial charge is 0.337 e. The average Bonchev–Trinajstić information content (AvgIpc) is 2.48. The van der Waals surface area contributed by atoms with Crippen LogP contribution in [-0.4, -0.2) is 16.9 Å². The lowest BCUT2D eigenvalue weighted by Crippen LogP contribution is -2.02. The van der Waals surface area contributed by atoms with E-state index in [1.54, 1.807) is 18.2 Å². The molecular formula is C16H12FNO3. The molecule has 2 aromatic rings. The summed E-state index contributed by atoms with van der Waals surface area (Å²) in [4.78, 5) is 22.8. The molecule has 0 radical (unpaired) electrons. The number of anilines is 1. The first-order valence-electron chi connectivity index (χ1n) is 6.13. The molecular weight excluding hydrogens is 273 g/mol. The van der Waals surface area contributed by atoms with Crippen LogP contribution < -0.4 is 5.32 Å². The summed E-state index contributed by atoms with van der Waals surface area (Å²) in [7, 11) is 0. The fourth-order valence-electron chi connectivity index (χ4n) is 1.71. The van der Waals surface area contributed by atoms with Gasteiger partial charge in [-0.2, -0.15) is 0 Å². The molecule has 21 heavy (non-hydrogen) atoms. The Bertz CT molecular complexity index is 693. The van der Waals surface area contributed by atoms with Crippen LogP contribution in [0.15, 0.2) is 60.8 Å². The zero-order chi connectivity index (χ0) is 15.2. The Morgan fingerprint density at radius 2 is 1.71 bits per heavy atom. The molecule has 0 amide bonds. The second-order valence-electron chi connectivity index (χ2n) is 4.20. The molecule has 0 heterocycles. The van der Waals surface area contributed by atoms with E-state index in [0.717, 1.165) is 0 Å². The van der Waals surface area contributed by atoms with E-state index in [4.69, 9.17) is 5.11 Å². The molecule has 5 heteroatoms. The van der Waals surface area contributed by atoms with Crippen LogP contribution in [0, 0.1) is 5.82 Å². The summed E-state index contributed by atoms with van der Waals surface area (Å²) >= 11 is 0. The van der Waals surface area contributed by atoms with E-state index >= 15 is 0 Å². The van der Waals surface area contributed by atoms with Gasteiger partial charge in [-0.1, -0.05) is 12.1 Å². The maximum absolute atomic E-state index is 12.7. The number of hydrogen-bond acceptors (Lipinski definition) is 3. The molecule has 0 aromatic heterocycles. The molecule has 106 valence electrons. The van der Waals surface area contributed by atoms with Crippen LogP contribution in [0.1, 0.15) is 20.7 Å². The van der Waals surface area contributed by atoms with Crippen molar-refractivity contribution in [2.45, 2.75) is 0 Å². The van der Waals surface area contributed by atoms with E-state index in [1.807, 2.05) is 0 Å². The molecule has 0 bridgehead atoms. The summed E-state index contributed by atoms with van der Waals surface area (Å²) in [6.07, 6.45) is 2.61. The molecule has 0 aliphatic heterocycles. The number of rotatable bonds is 5. The lowest BCUT2D eigenvalue weighted by atomic mass is 10.1. The standard InChI is InChI=1S/C16H12FNO3/c17-12-7-5-11(6-8-12)15(19)9-10-18-14-4-2-1-3-13(14)16(20)21/h1-10,18H,(H,20,21)/b10-9-. The lowest BCUT2D eigenvalue weighted by Gasteiger charge is -2.04. The molecule has 0 fully saturated rings. The molecule has 2 N–H and O–H groups in total. The Balaban J connectivity index is 2.07. The van der Waals surface area contributed by atoms with E-state index in [-0.39, 0.29) is 11.3 Å². The number of hydrogen-bond donors (Lipinski definition) is 2. The van der Waals surface area contributed by atoms with Crippen molar-refractivity contribution in [3.63, 3.8) is 0 Å². The molecule has 0 saturated heterocycles. The number of carbonyl (C=O) groups is 2.